The fourth-order valence-corrected chi connectivity index (χ4v) is 1.83. The Morgan fingerprint density at radius 1 is 0.952 bits per heavy atom. The average Bonchev–Trinajstić information content (AvgIpc) is 2.39. The number of hydrogen-bond donors (Lipinski definition) is 2. The fourth-order valence-electron chi connectivity index (χ4n) is 1.71. The van der Waals surface area contributed by atoms with Gasteiger partial charge in [0, 0.05) is 11.6 Å². The minimum absolute atomic E-state index is 0.00103. The molecule has 0 aliphatic rings. The summed E-state index contributed by atoms with van der Waals surface area (Å²) in [5, 5.41) is 2.19. The lowest BCUT2D eigenvalue weighted by molar-refractivity contribution is 0.585. The number of anilines is 2. The first-order valence-corrected chi connectivity index (χ1v) is 6.22. The second-order valence-corrected chi connectivity index (χ2v) is 4.83. The summed E-state index contributed by atoms with van der Waals surface area (Å²) in [5.74, 6) is -3.55. The van der Waals surface area contributed by atoms with Crippen molar-refractivity contribution in [1.82, 2.24) is 0 Å². The van der Waals surface area contributed by atoms with Gasteiger partial charge in [-0.1, -0.05) is 12.2 Å². The summed E-state index contributed by atoms with van der Waals surface area (Å²) >= 11 is 4.62. The van der Waals surface area contributed by atoms with E-state index in [0.717, 1.165) is 24.3 Å². The van der Waals surface area contributed by atoms with E-state index >= 15 is 0 Å². The first-order chi connectivity index (χ1) is 9.79. The number of thiocarbonyl (C=S) groups is 1. The maximum atomic E-state index is 13.8. The lowest BCUT2D eigenvalue weighted by Gasteiger charge is -2.12. The second kappa shape index (κ2) is 5.69. The molecule has 0 saturated carbocycles. The van der Waals surface area contributed by atoms with Crippen LogP contribution >= 0.6 is 12.2 Å². The highest BCUT2D eigenvalue weighted by Gasteiger charge is 2.15. The van der Waals surface area contributed by atoms with E-state index in [1.54, 1.807) is 0 Å². The van der Waals surface area contributed by atoms with Crippen LogP contribution < -0.4 is 11.1 Å². The molecule has 0 aromatic heterocycles. The molecule has 0 heterocycles. The van der Waals surface area contributed by atoms with Crippen molar-refractivity contribution >= 4 is 28.6 Å². The molecule has 0 radical (unpaired) electrons. The van der Waals surface area contributed by atoms with Gasteiger partial charge in [-0.25, -0.2) is 17.6 Å². The standard InChI is InChI=1S/C14H10F4N2S/c1-6-2-9(16)12(5-8(6)15)20-13-10(17)3-7(14(19)21)4-11(13)18/h2-5,20H,1H3,(H2,19,21). The number of nitrogens with two attached hydrogens (primary N) is 1. The zero-order chi connectivity index (χ0) is 15.7. The topological polar surface area (TPSA) is 38.0 Å². The third-order valence-electron chi connectivity index (χ3n) is 2.83. The van der Waals surface area contributed by atoms with E-state index in [9.17, 15) is 17.6 Å². The molecule has 0 amide bonds. The molecule has 110 valence electrons. The van der Waals surface area contributed by atoms with Crippen molar-refractivity contribution in [2.24, 2.45) is 5.73 Å². The van der Waals surface area contributed by atoms with Crippen molar-refractivity contribution in [3.63, 3.8) is 0 Å². The Bertz CT molecular complexity index is 708. The molecule has 2 rings (SSSR count). The predicted molar refractivity (Wildman–Crippen MR) is 76.6 cm³/mol. The Balaban J connectivity index is 2.45. The highest BCUT2D eigenvalue weighted by molar-refractivity contribution is 7.80. The van der Waals surface area contributed by atoms with Crippen LogP contribution in [0, 0.1) is 30.2 Å². The molecule has 0 aliphatic heterocycles. The van der Waals surface area contributed by atoms with Crippen LogP contribution in [0.2, 0.25) is 0 Å². The summed E-state index contributed by atoms with van der Waals surface area (Å²) < 4.78 is 54.7. The predicted octanol–water partition coefficient (Wildman–Crippen LogP) is 3.93. The average molecular weight is 314 g/mol. The first kappa shape index (κ1) is 15.2. The van der Waals surface area contributed by atoms with E-state index in [1.165, 1.54) is 6.92 Å². The number of rotatable bonds is 3. The van der Waals surface area contributed by atoms with Crippen LogP contribution in [0.1, 0.15) is 11.1 Å². The van der Waals surface area contributed by atoms with E-state index in [-0.39, 0.29) is 21.8 Å². The number of benzene rings is 2. The van der Waals surface area contributed by atoms with Gasteiger partial charge in [-0.2, -0.15) is 0 Å². The van der Waals surface area contributed by atoms with Crippen molar-refractivity contribution < 1.29 is 17.6 Å². The lowest BCUT2D eigenvalue weighted by atomic mass is 10.1. The minimum atomic E-state index is -1.02. The van der Waals surface area contributed by atoms with E-state index in [2.05, 4.69) is 17.5 Å². The van der Waals surface area contributed by atoms with Gasteiger partial charge in [-0.3, -0.25) is 0 Å². The van der Waals surface area contributed by atoms with Crippen molar-refractivity contribution in [3.8, 4) is 0 Å². The second-order valence-electron chi connectivity index (χ2n) is 4.39. The van der Waals surface area contributed by atoms with Crippen molar-refractivity contribution in [1.29, 1.82) is 0 Å². The van der Waals surface area contributed by atoms with Crippen molar-refractivity contribution in [2.45, 2.75) is 6.92 Å². The molecule has 2 aromatic carbocycles. The highest BCUT2D eigenvalue weighted by atomic mass is 32.1. The highest BCUT2D eigenvalue weighted by Crippen LogP contribution is 2.27. The van der Waals surface area contributed by atoms with Gasteiger partial charge in [0.1, 0.15) is 33.9 Å². The third-order valence-corrected chi connectivity index (χ3v) is 3.07. The molecule has 0 fully saturated rings. The van der Waals surface area contributed by atoms with Crippen LogP contribution in [0.25, 0.3) is 0 Å². The van der Waals surface area contributed by atoms with Crippen molar-refractivity contribution in [2.75, 3.05) is 5.32 Å². The molecule has 0 atom stereocenters. The summed E-state index contributed by atoms with van der Waals surface area (Å²) in [6, 6.07) is 3.58. The zero-order valence-electron chi connectivity index (χ0n) is 10.8. The minimum Gasteiger partial charge on any atom is -0.389 e. The van der Waals surface area contributed by atoms with Gasteiger partial charge in [-0.05, 0) is 30.7 Å². The van der Waals surface area contributed by atoms with Gasteiger partial charge >= 0.3 is 0 Å². The Kier molecular flexibility index (Phi) is 4.13. The van der Waals surface area contributed by atoms with E-state index < -0.39 is 29.0 Å². The Hall–Kier alpha value is -2.15. The summed E-state index contributed by atoms with van der Waals surface area (Å²) in [4.78, 5) is -0.174. The van der Waals surface area contributed by atoms with Gasteiger partial charge in [-0.15, -0.1) is 0 Å². The zero-order valence-corrected chi connectivity index (χ0v) is 11.6. The summed E-state index contributed by atoms with van der Waals surface area (Å²) in [6.45, 7) is 1.38. The number of halogens is 4. The van der Waals surface area contributed by atoms with Crippen LogP contribution in [0.5, 0.6) is 0 Å². The van der Waals surface area contributed by atoms with Gasteiger partial charge < -0.3 is 11.1 Å². The summed E-state index contributed by atoms with van der Waals surface area (Å²) in [7, 11) is 0. The number of aryl methyl sites for hydroxylation is 1. The van der Waals surface area contributed by atoms with Crippen LogP contribution in [0.15, 0.2) is 24.3 Å². The quantitative estimate of drug-likeness (QED) is 0.666. The molecule has 3 N–H and O–H groups in total. The maximum absolute atomic E-state index is 13.8. The SMILES string of the molecule is Cc1cc(F)c(Nc2c(F)cc(C(N)=S)cc2F)cc1F. The molecule has 0 bridgehead atoms. The van der Waals surface area contributed by atoms with Crippen LogP contribution in [0.3, 0.4) is 0 Å². The van der Waals surface area contributed by atoms with E-state index in [4.69, 9.17) is 5.73 Å². The molecule has 2 nitrogen and oxygen atoms in total. The number of hydrogen-bond acceptors (Lipinski definition) is 2. The molecule has 0 unspecified atom stereocenters. The molecular weight excluding hydrogens is 304 g/mol. The fraction of sp³-hybridized carbons (Fsp3) is 0.0714. The van der Waals surface area contributed by atoms with Crippen LogP contribution in [-0.2, 0) is 0 Å². The molecular formula is C14H10F4N2S. The van der Waals surface area contributed by atoms with E-state index in [1.807, 2.05) is 0 Å². The van der Waals surface area contributed by atoms with Crippen LogP contribution in [0.4, 0.5) is 28.9 Å². The molecule has 7 heteroatoms. The third kappa shape index (κ3) is 3.13. The van der Waals surface area contributed by atoms with Crippen LogP contribution in [-0.4, -0.2) is 4.99 Å². The van der Waals surface area contributed by atoms with Gasteiger partial charge in [0.15, 0.2) is 0 Å². The monoisotopic (exact) mass is 314 g/mol. The molecule has 2 aromatic rings. The Morgan fingerprint density at radius 2 is 1.52 bits per heavy atom. The van der Waals surface area contributed by atoms with Gasteiger partial charge in [0.25, 0.3) is 0 Å². The normalized spacial score (nSPS) is 10.5. The molecule has 0 aliphatic carbocycles. The Morgan fingerprint density at radius 3 is 2.05 bits per heavy atom. The summed E-state index contributed by atoms with van der Waals surface area (Å²) in [6.07, 6.45) is 0. The maximum Gasteiger partial charge on any atom is 0.150 e. The smallest absolute Gasteiger partial charge is 0.150 e. The van der Waals surface area contributed by atoms with Gasteiger partial charge in [0.2, 0.25) is 0 Å². The largest absolute Gasteiger partial charge is 0.389 e. The Labute approximate surface area is 123 Å². The number of nitrogens with one attached hydrogen (secondary N) is 1. The molecule has 0 spiro atoms. The van der Waals surface area contributed by atoms with Crippen molar-refractivity contribution in [3.05, 3.63) is 58.7 Å². The molecule has 21 heavy (non-hydrogen) atoms. The lowest BCUT2D eigenvalue weighted by Crippen LogP contribution is -2.11. The molecule has 0 saturated heterocycles. The first-order valence-electron chi connectivity index (χ1n) is 5.81. The summed E-state index contributed by atoms with van der Waals surface area (Å²) in [5.41, 5.74) is 4.38. The van der Waals surface area contributed by atoms with Gasteiger partial charge in [0.05, 0.1) is 5.69 Å². The van der Waals surface area contributed by atoms with E-state index in [0.29, 0.717) is 0 Å².